The molecule has 1 nitrogen and oxygen atoms in total. The molecule has 0 unspecified atom stereocenters. The fourth-order valence-electron chi connectivity index (χ4n) is 1.05. The molecular weight excluding hydrogens is 226 g/mol. The maximum Gasteiger partial charge on any atom is 0.100 e. The average molecular weight is 234 g/mol. The molecule has 0 fully saturated rings. The van der Waals surface area contributed by atoms with Crippen molar-refractivity contribution < 1.29 is 0 Å². The molecule has 1 aromatic rings. The van der Waals surface area contributed by atoms with Crippen LogP contribution in [0, 0.1) is 30.1 Å². The lowest BCUT2D eigenvalue weighted by Crippen LogP contribution is -1.87. The van der Waals surface area contributed by atoms with Gasteiger partial charge in [0.15, 0.2) is 0 Å². The van der Waals surface area contributed by atoms with Gasteiger partial charge < -0.3 is 0 Å². The largest absolute Gasteiger partial charge is 0.192 e. The Balaban J connectivity index is 3.25. The number of rotatable bonds is 0. The Morgan fingerprint density at radius 1 is 1.46 bits per heavy atom. The Bertz CT molecular complexity index is 404. The number of hydrogen-bond donors (Lipinski definition) is 0. The van der Waals surface area contributed by atoms with Crippen molar-refractivity contribution in [2.45, 2.75) is 6.92 Å². The monoisotopic (exact) mass is 233 g/mol. The van der Waals surface area contributed by atoms with E-state index in [9.17, 15) is 0 Å². The first-order valence-electron chi connectivity index (χ1n) is 3.84. The summed E-state index contributed by atoms with van der Waals surface area (Å²) in [7, 11) is 0. The number of nitriles is 1. The van der Waals surface area contributed by atoms with Crippen LogP contribution in [0.25, 0.3) is 0 Å². The van der Waals surface area contributed by atoms with E-state index in [1.54, 1.807) is 6.07 Å². The summed E-state index contributed by atoms with van der Waals surface area (Å²) in [6, 6.07) is 7.74. The van der Waals surface area contributed by atoms with Gasteiger partial charge in [0, 0.05) is 5.56 Å². The van der Waals surface area contributed by atoms with Gasteiger partial charge in [0.1, 0.15) is 6.07 Å². The maximum absolute atomic E-state index is 8.81. The minimum Gasteiger partial charge on any atom is -0.192 e. The highest BCUT2D eigenvalue weighted by Crippen LogP contribution is 2.11. The van der Waals surface area contributed by atoms with Gasteiger partial charge >= 0.3 is 0 Å². The van der Waals surface area contributed by atoms with Crippen LogP contribution in [0.15, 0.2) is 18.2 Å². The van der Waals surface area contributed by atoms with E-state index in [0.29, 0.717) is 10.9 Å². The molecule has 0 aliphatic heterocycles. The first-order chi connectivity index (χ1) is 6.29. The molecule has 0 spiro atoms. The van der Waals surface area contributed by atoms with Crippen molar-refractivity contribution in [3.63, 3.8) is 0 Å². The van der Waals surface area contributed by atoms with Crippen LogP contribution in [0.3, 0.4) is 0 Å². The molecule has 1 aromatic carbocycles. The molecule has 0 aliphatic rings. The van der Waals surface area contributed by atoms with Crippen molar-refractivity contribution >= 4 is 15.9 Å². The normalized spacial score (nSPS) is 8.38. The third kappa shape index (κ3) is 2.34. The fraction of sp³-hybridized carbons (Fsp3) is 0.182. The molecule has 13 heavy (non-hydrogen) atoms. The lowest BCUT2D eigenvalue weighted by Gasteiger charge is -1.98. The molecule has 0 bridgehead atoms. The molecule has 0 amide bonds. The quantitative estimate of drug-likeness (QED) is 0.500. The van der Waals surface area contributed by atoms with Crippen LogP contribution in [0.2, 0.25) is 0 Å². The van der Waals surface area contributed by atoms with Crippen LogP contribution < -0.4 is 0 Å². The molecule has 0 heterocycles. The van der Waals surface area contributed by atoms with Crippen molar-refractivity contribution in [1.29, 1.82) is 5.26 Å². The zero-order valence-corrected chi connectivity index (χ0v) is 8.85. The van der Waals surface area contributed by atoms with Crippen LogP contribution in [-0.2, 0) is 0 Å². The standard InChI is InChI=1S/C11H8BrN/c1-9-4-2-5-10(8-13)11(9)6-3-7-12/h2,4-5H,7H2,1H3. The molecule has 0 saturated heterocycles. The van der Waals surface area contributed by atoms with Gasteiger partial charge in [-0.15, -0.1) is 0 Å². The van der Waals surface area contributed by atoms with Crippen molar-refractivity contribution in [1.82, 2.24) is 0 Å². The smallest absolute Gasteiger partial charge is 0.100 e. The molecule has 0 N–H and O–H groups in total. The van der Waals surface area contributed by atoms with Crippen LogP contribution >= 0.6 is 15.9 Å². The number of halogens is 1. The molecule has 0 radical (unpaired) electrons. The Hall–Kier alpha value is -1.25. The summed E-state index contributed by atoms with van der Waals surface area (Å²) in [5, 5.41) is 9.44. The zero-order valence-electron chi connectivity index (χ0n) is 7.26. The van der Waals surface area contributed by atoms with Gasteiger partial charge in [-0.05, 0) is 18.6 Å². The highest BCUT2D eigenvalue weighted by molar-refractivity contribution is 9.09. The van der Waals surface area contributed by atoms with Crippen molar-refractivity contribution in [2.75, 3.05) is 5.33 Å². The Kier molecular flexibility index (Phi) is 3.55. The average Bonchev–Trinajstić information content (AvgIpc) is 2.15. The minimum atomic E-state index is 0.631. The minimum absolute atomic E-state index is 0.631. The summed E-state index contributed by atoms with van der Waals surface area (Å²) in [5.41, 5.74) is 2.53. The molecule has 0 saturated carbocycles. The zero-order chi connectivity index (χ0) is 9.68. The molecule has 64 valence electrons. The Morgan fingerprint density at radius 2 is 2.23 bits per heavy atom. The summed E-state index contributed by atoms with van der Waals surface area (Å²) in [4.78, 5) is 0. The van der Waals surface area contributed by atoms with Crippen molar-refractivity contribution in [3.8, 4) is 17.9 Å². The van der Waals surface area contributed by atoms with E-state index in [0.717, 1.165) is 11.1 Å². The van der Waals surface area contributed by atoms with Gasteiger partial charge in [0.05, 0.1) is 10.9 Å². The van der Waals surface area contributed by atoms with E-state index >= 15 is 0 Å². The first kappa shape index (κ1) is 9.84. The molecule has 2 heteroatoms. The molecule has 0 aromatic heterocycles. The summed E-state index contributed by atoms with van der Waals surface area (Å²) in [5.74, 6) is 5.86. The van der Waals surface area contributed by atoms with E-state index < -0.39 is 0 Å². The second kappa shape index (κ2) is 4.70. The van der Waals surface area contributed by atoms with Gasteiger partial charge in [0.25, 0.3) is 0 Å². The predicted octanol–water partition coefficient (Wildman–Crippen LogP) is 2.61. The number of nitrogens with zero attached hydrogens (tertiary/aromatic N) is 1. The van der Waals surface area contributed by atoms with Gasteiger partial charge in [-0.1, -0.05) is 39.9 Å². The van der Waals surface area contributed by atoms with E-state index in [1.807, 2.05) is 19.1 Å². The van der Waals surface area contributed by atoms with Gasteiger partial charge in [-0.3, -0.25) is 0 Å². The highest BCUT2D eigenvalue weighted by atomic mass is 79.9. The van der Waals surface area contributed by atoms with E-state index in [1.165, 1.54) is 0 Å². The van der Waals surface area contributed by atoms with E-state index in [4.69, 9.17) is 5.26 Å². The van der Waals surface area contributed by atoms with Gasteiger partial charge in [-0.2, -0.15) is 5.26 Å². The Morgan fingerprint density at radius 3 is 2.85 bits per heavy atom. The topological polar surface area (TPSA) is 23.8 Å². The number of aryl methyl sites for hydroxylation is 1. The number of benzene rings is 1. The second-order valence-corrected chi connectivity index (χ2v) is 3.11. The summed E-state index contributed by atoms with van der Waals surface area (Å²) < 4.78 is 0. The molecule has 1 rings (SSSR count). The van der Waals surface area contributed by atoms with Crippen LogP contribution in [0.5, 0.6) is 0 Å². The van der Waals surface area contributed by atoms with Crippen LogP contribution in [-0.4, -0.2) is 5.33 Å². The molecular formula is C11H8BrN. The SMILES string of the molecule is Cc1cccc(C#N)c1C#CCBr. The van der Waals surface area contributed by atoms with E-state index in [2.05, 4.69) is 33.8 Å². The number of alkyl halides is 1. The second-order valence-electron chi connectivity index (χ2n) is 2.54. The van der Waals surface area contributed by atoms with Gasteiger partial charge in [-0.25, -0.2) is 0 Å². The third-order valence-corrected chi connectivity index (χ3v) is 1.95. The fourth-order valence-corrected chi connectivity index (χ4v) is 1.19. The third-order valence-electron chi connectivity index (χ3n) is 1.67. The van der Waals surface area contributed by atoms with Crippen molar-refractivity contribution in [2.24, 2.45) is 0 Å². The highest BCUT2D eigenvalue weighted by Gasteiger charge is 2.00. The summed E-state index contributed by atoms with van der Waals surface area (Å²) >= 11 is 3.22. The predicted molar refractivity (Wildman–Crippen MR) is 56.6 cm³/mol. The van der Waals surface area contributed by atoms with Crippen LogP contribution in [0.1, 0.15) is 16.7 Å². The van der Waals surface area contributed by atoms with Gasteiger partial charge in [0.2, 0.25) is 0 Å². The maximum atomic E-state index is 8.81. The summed E-state index contributed by atoms with van der Waals surface area (Å²) in [6.07, 6.45) is 0. The lowest BCUT2D eigenvalue weighted by molar-refractivity contribution is 1.39. The first-order valence-corrected chi connectivity index (χ1v) is 4.96. The van der Waals surface area contributed by atoms with E-state index in [-0.39, 0.29) is 0 Å². The Labute approximate surface area is 86.5 Å². The molecule has 0 atom stereocenters. The van der Waals surface area contributed by atoms with Crippen LogP contribution in [0.4, 0.5) is 0 Å². The molecule has 0 aliphatic carbocycles. The lowest BCUT2D eigenvalue weighted by atomic mass is 10.0. The van der Waals surface area contributed by atoms with Crippen molar-refractivity contribution in [3.05, 3.63) is 34.9 Å². The number of hydrogen-bond acceptors (Lipinski definition) is 1. The summed E-state index contributed by atoms with van der Waals surface area (Å²) in [6.45, 7) is 1.96.